The standard InChI is InChI=1S/C26H27N5O3/c1-34-30-23-17-26(25(27)33,13-16-29-22-5-3-2-4-6-22)31(18-23)24(32)21-9-7-19(8-10-21)20-11-14-28-15-12-20/h2-12,14-15,29H,13,16-18H2,1H3,(H2,27,33). The Morgan fingerprint density at radius 2 is 1.74 bits per heavy atom. The van der Waals surface area contributed by atoms with E-state index in [9.17, 15) is 9.59 Å². The van der Waals surface area contributed by atoms with Gasteiger partial charge in [0, 0.05) is 36.6 Å². The number of aromatic nitrogens is 1. The molecule has 1 aliphatic rings. The molecule has 0 saturated carbocycles. The minimum atomic E-state index is -1.21. The first-order chi connectivity index (χ1) is 16.5. The fourth-order valence-electron chi connectivity index (χ4n) is 4.32. The molecule has 1 unspecified atom stereocenters. The van der Waals surface area contributed by atoms with Crippen molar-refractivity contribution >= 4 is 23.2 Å². The lowest BCUT2D eigenvalue weighted by Gasteiger charge is -2.35. The first-order valence-corrected chi connectivity index (χ1v) is 11.0. The molecule has 3 N–H and O–H groups in total. The van der Waals surface area contributed by atoms with E-state index >= 15 is 0 Å². The Balaban J connectivity index is 1.59. The number of nitrogens with zero attached hydrogens (tertiary/aromatic N) is 3. The Hall–Kier alpha value is -4.20. The average molecular weight is 458 g/mol. The summed E-state index contributed by atoms with van der Waals surface area (Å²) in [5.74, 6) is -0.841. The number of rotatable bonds is 8. The minimum absolute atomic E-state index is 0.174. The van der Waals surface area contributed by atoms with E-state index in [0.29, 0.717) is 24.2 Å². The average Bonchev–Trinajstić information content (AvgIpc) is 3.24. The van der Waals surface area contributed by atoms with Crippen molar-refractivity contribution in [1.29, 1.82) is 0 Å². The molecule has 0 aliphatic carbocycles. The molecule has 0 bridgehead atoms. The lowest BCUT2D eigenvalue weighted by atomic mass is 9.89. The molecule has 0 spiro atoms. The van der Waals surface area contributed by atoms with E-state index in [1.165, 1.54) is 12.0 Å². The zero-order chi connectivity index (χ0) is 24.0. The summed E-state index contributed by atoms with van der Waals surface area (Å²) in [6, 6.07) is 20.8. The van der Waals surface area contributed by atoms with E-state index in [1.807, 2.05) is 54.6 Å². The third kappa shape index (κ3) is 4.76. The van der Waals surface area contributed by atoms with Gasteiger partial charge >= 0.3 is 0 Å². The van der Waals surface area contributed by atoms with Crippen molar-refractivity contribution in [2.45, 2.75) is 18.4 Å². The van der Waals surface area contributed by atoms with Crippen molar-refractivity contribution in [2.24, 2.45) is 10.9 Å². The Labute approximate surface area is 198 Å². The first kappa shape index (κ1) is 23.0. The maximum Gasteiger partial charge on any atom is 0.255 e. The fourth-order valence-corrected chi connectivity index (χ4v) is 4.32. The molecule has 8 nitrogen and oxygen atoms in total. The van der Waals surface area contributed by atoms with Crippen LogP contribution in [0.2, 0.25) is 0 Å². The monoisotopic (exact) mass is 457 g/mol. The Kier molecular flexibility index (Phi) is 6.87. The van der Waals surface area contributed by atoms with Crippen molar-refractivity contribution in [2.75, 3.05) is 25.5 Å². The Bertz CT molecular complexity index is 1170. The molecule has 174 valence electrons. The third-order valence-electron chi connectivity index (χ3n) is 6.07. The summed E-state index contributed by atoms with van der Waals surface area (Å²) in [5, 5.41) is 7.34. The number of amides is 2. The van der Waals surface area contributed by atoms with Gasteiger partial charge < -0.3 is 20.8 Å². The van der Waals surface area contributed by atoms with Crippen LogP contribution in [0.25, 0.3) is 11.1 Å². The van der Waals surface area contributed by atoms with E-state index < -0.39 is 11.4 Å². The molecule has 4 rings (SSSR count). The summed E-state index contributed by atoms with van der Waals surface area (Å²) in [6.45, 7) is 0.630. The van der Waals surface area contributed by atoms with Gasteiger partial charge in [0.15, 0.2) is 0 Å². The molecule has 1 atom stereocenters. The van der Waals surface area contributed by atoms with Crippen molar-refractivity contribution in [3.8, 4) is 11.1 Å². The lowest BCUT2D eigenvalue weighted by Crippen LogP contribution is -2.56. The molecule has 1 aromatic heterocycles. The number of nitrogens with two attached hydrogens (primary N) is 1. The number of benzene rings is 2. The van der Waals surface area contributed by atoms with Gasteiger partial charge in [-0.15, -0.1) is 0 Å². The highest BCUT2D eigenvalue weighted by Crippen LogP contribution is 2.33. The van der Waals surface area contributed by atoms with E-state index in [-0.39, 0.29) is 18.9 Å². The number of para-hydroxylation sites is 1. The normalized spacial score (nSPS) is 18.6. The van der Waals surface area contributed by atoms with Crippen LogP contribution in [0, 0.1) is 0 Å². The van der Waals surface area contributed by atoms with Gasteiger partial charge in [-0.1, -0.05) is 35.5 Å². The number of anilines is 1. The third-order valence-corrected chi connectivity index (χ3v) is 6.07. The van der Waals surface area contributed by atoms with Gasteiger partial charge in [-0.2, -0.15) is 0 Å². The van der Waals surface area contributed by atoms with E-state index in [0.717, 1.165) is 16.8 Å². The van der Waals surface area contributed by atoms with E-state index in [4.69, 9.17) is 10.6 Å². The summed E-state index contributed by atoms with van der Waals surface area (Å²) in [7, 11) is 1.44. The zero-order valence-corrected chi connectivity index (χ0v) is 19.0. The molecule has 1 fully saturated rings. The van der Waals surface area contributed by atoms with Gasteiger partial charge in [-0.05, 0) is 53.9 Å². The van der Waals surface area contributed by atoms with E-state index in [2.05, 4.69) is 15.5 Å². The molecule has 2 amide bonds. The quantitative estimate of drug-likeness (QED) is 0.504. The SMILES string of the molecule is CON=C1CN(C(=O)c2ccc(-c3ccncc3)cc2)C(CCNc2ccccc2)(C(N)=O)C1. The van der Waals surface area contributed by atoms with Gasteiger partial charge in [0.2, 0.25) is 5.91 Å². The number of oxime groups is 1. The zero-order valence-electron chi connectivity index (χ0n) is 19.0. The number of primary amides is 1. The highest BCUT2D eigenvalue weighted by Gasteiger charge is 2.51. The van der Waals surface area contributed by atoms with Crippen molar-refractivity contribution < 1.29 is 14.4 Å². The van der Waals surface area contributed by atoms with Crippen LogP contribution in [0.4, 0.5) is 5.69 Å². The van der Waals surface area contributed by atoms with Crippen LogP contribution < -0.4 is 11.1 Å². The van der Waals surface area contributed by atoms with Gasteiger partial charge in [0.25, 0.3) is 5.91 Å². The number of pyridine rings is 1. The maximum absolute atomic E-state index is 13.6. The van der Waals surface area contributed by atoms with Crippen molar-refractivity contribution in [1.82, 2.24) is 9.88 Å². The number of nitrogens with one attached hydrogen (secondary N) is 1. The smallest absolute Gasteiger partial charge is 0.255 e. The summed E-state index contributed by atoms with van der Waals surface area (Å²) in [4.78, 5) is 36.9. The van der Waals surface area contributed by atoms with Gasteiger partial charge in [0.1, 0.15) is 12.6 Å². The summed E-state index contributed by atoms with van der Waals surface area (Å²) < 4.78 is 0. The van der Waals surface area contributed by atoms with Crippen molar-refractivity contribution in [3.63, 3.8) is 0 Å². The van der Waals surface area contributed by atoms with Crippen LogP contribution in [0.3, 0.4) is 0 Å². The summed E-state index contributed by atoms with van der Waals surface area (Å²) in [5.41, 5.74) is 8.67. The Morgan fingerprint density at radius 1 is 1.06 bits per heavy atom. The topological polar surface area (TPSA) is 110 Å². The highest BCUT2D eigenvalue weighted by atomic mass is 16.6. The summed E-state index contributed by atoms with van der Waals surface area (Å²) in [6.07, 6.45) is 4.01. The van der Waals surface area contributed by atoms with Crippen LogP contribution in [-0.4, -0.2) is 53.1 Å². The fraction of sp³-hybridized carbons (Fsp3) is 0.231. The molecule has 2 aromatic carbocycles. The molecule has 0 radical (unpaired) electrons. The van der Waals surface area contributed by atoms with Crippen molar-refractivity contribution in [3.05, 3.63) is 84.7 Å². The molecule has 34 heavy (non-hydrogen) atoms. The minimum Gasteiger partial charge on any atom is -0.399 e. The number of carbonyl (C=O) groups is 2. The molecular formula is C26H27N5O3. The second-order valence-corrected chi connectivity index (χ2v) is 8.16. The maximum atomic E-state index is 13.6. The lowest BCUT2D eigenvalue weighted by molar-refractivity contribution is -0.127. The summed E-state index contributed by atoms with van der Waals surface area (Å²) >= 11 is 0. The number of carbonyl (C=O) groups excluding carboxylic acids is 2. The molecule has 1 saturated heterocycles. The van der Waals surface area contributed by atoms with Gasteiger partial charge in [0.05, 0.1) is 12.3 Å². The molecule has 8 heteroatoms. The predicted molar refractivity (Wildman–Crippen MR) is 131 cm³/mol. The second-order valence-electron chi connectivity index (χ2n) is 8.16. The van der Waals surface area contributed by atoms with Crippen LogP contribution in [-0.2, 0) is 9.63 Å². The van der Waals surface area contributed by atoms with Gasteiger partial charge in [-0.3, -0.25) is 14.6 Å². The number of hydrogen-bond donors (Lipinski definition) is 2. The van der Waals surface area contributed by atoms with Gasteiger partial charge in [-0.25, -0.2) is 0 Å². The van der Waals surface area contributed by atoms with Crippen LogP contribution in [0.5, 0.6) is 0 Å². The Morgan fingerprint density at radius 3 is 2.38 bits per heavy atom. The predicted octanol–water partition coefficient (Wildman–Crippen LogP) is 3.32. The number of likely N-dealkylation sites (tertiary alicyclic amines) is 1. The van der Waals surface area contributed by atoms with Crippen LogP contribution >= 0.6 is 0 Å². The largest absolute Gasteiger partial charge is 0.399 e. The second kappa shape index (κ2) is 10.2. The molecular weight excluding hydrogens is 430 g/mol. The highest BCUT2D eigenvalue weighted by molar-refractivity contribution is 6.07. The molecule has 2 heterocycles. The first-order valence-electron chi connectivity index (χ1n) is 11.0. The van der Waals surface area contributed by atoms with Crippen LogP contribution in [0.15, 0.2) is 84.3 Å². The van der Waals surface area contributed by atoms with E-state index in [1.54, 1.807) is 24.5 Å². The number of hydrogen-bond acceptors (Lipinski definition) is 6. The molecule has 1 aliphatic heterocycles. The molecule has 3 aromatic rings. The van der Waals surface area contributed by atoms with Crippen LogP contribution in [0.1, 0.15) is 23.2 Å².